The quantitative estimate of drug-likeness (QED) is 0.575. The first-order valence-corrected chi connectivity index (χ1v) is 8.61. The molecule has 4 rings (SSSR count). The maximum absolute atomic E-state index is 12.4. The fourth-order valence-corrected chi connectivity index (χ4v) is 2.95. The van der Waals surface area contributed by atoms with Crippen LogP contribution in [0.3, 0.4) is 0 Å². The lowest BCUT2D eigenvalue weighted by Crippen LogP contribution is -2.11. The van der Waals surface area contributed by atoms with Gasteiger partial charge in [0.25, 0.3) is 5.91 Å². The number of ether oxygens (including phenoxy) is 1. The van der Waals surface area contributed by atoms with Crippen LogP contribution in [0.25, 0.3) is 10.8 Å². The monoisotopic (exact) mass is 361 g/mol. The summed E-state index contributed by atoms with van der Waals surface area (Å²) in [6.45, 7) is 2.08. The number of nitrogens with zero attached hydrogens (tertiary/aromatic N) is 2. The van der Waals surface area contributed by atoms with Gasteiger partial charge < -0.3 is 14.5 Å². The Morgan fingerprint density at radius 1 is 1.15 bits per heavy atom. The number of aryl methyl sites for hydroxylation is 2. The highest BCUT2D eigenvalue weighted by molar-refractivity contribution is 6.02. The largest absolute Gasteiger partial charge is 0.485 e. The Balaban J connectivity index is 1.45. The van der Waals surface area contributed by atoms with E-state index in [1.54, 1.807) is 30.1 Å². The van der Waals surface area contributed by atoms with Crippen LogP contribution in [-0.4, -0.2) is 15.7 Å². The van der Waals surface area contributed by atoms with E-state index in [2.05, 4.69) is 10.4 Å². The number of benzene rings is 2. The summed E-state index contributed by atoms with van der Waals surface area (Å²) >= 11 is 0. The van der Waals surface area contributed by atoms with Crippen molar-refractivity contribution in [2.75, 3.05) is 5.32 Å². The van der Waals surface area contributed by atoms with Gasteiger partial charge in [-0.2, -0.15) is 5.10 Å². The topological polar surface area (TPSA) is 69.3 Å². The standard InChI is InChI=1S/C21H19N3O3/c1-14-18(12-24(2)23-14)22-21(25)20-11-10-16(27-20)13-26-19-9-5-7-15-6-3-4-8-17(15)19/h3-12H,13H2,1-2H3,(H,22,25). The number of hydrogen-bond acceptors (Lipinski definition) is 4. The molecule has 0 atom stereocenters. The van der Waals surface area contributed by atoms with Gasteiger partial charge in [-0.3, -0.25) is 9.48 Å². The van der Waals surface area contributed by atoms with Crippen LogP contribution in [0.2, 0.25) is 0 Å². The van der Waals surface area contributed by atoms with Crippen molar-refractivity contribution in [3.63, 3.8) is 0 Å². The third-order valence-corrected chi connectivity index (χ3v) is 4.27. The zero-order valence-electron chi connectivity index (χ0n) is 15.1. The highest BCUT2D eigenvalue weighted by atomic mass is 16.5. The minimum Gasteiger partial charge on any atom is -0.485 e. The molecular formula is C21H19N3O3. The van der Waals surface area contributed by atoms with Gasteiger partial charge in [-0.15, -0.1) is 0 Å². The minimum absolute atomic E-state index is 0.231. The minimum atomic E-state index is -0.317. The van der Waals surface area contributed by atoms with Crippen molar-refractivity contribution in [3.8, 4) is 5.75 Å². The third-order valence-electron chi connectivity index (χ3n) is 4.27. The predicted octanol–water partition coefficient (Wildman–Crippen LogP) is 4.31. The summed E-state index contributed by atoms with van der Waals surface area (Å²) in [6.07, 6.45) is 1.75. The summed E-state index contributed by atoms with van der Waals surface area (Å²) in [7, 11) is 1.80. The zero-order valence-corrected chi connectivity index (χ0v) is 15.1. The second-order valence-corrected chi connectivity index (χ2v) is 6.29. The Morgan fingerprint density at radius 2 is 1.96 bits per heavy atom. The number of amides is 1. The molecule has 2 aromatic carbocycles. The SMILES string of the molecule is Cc1nn(C)cc1NC(=O)c1ccc(COc2cccc3ccccc23)o1. The van der Waals surface area contributed by atoms with Gasteiger partial charge in [-0.05, 0) is 30.5 Å². The number of rotatable bonds is 5. The highest BCUT2D eigenvalue weighted by Crippen LogP contribution is 2.26. The number of fused-ring (bicyclic) bond motifs is 1. The van der Waals surface area contributed by atoms with Crippen molar-refractivity contribution in [1.82, 2.24) is 9.78 Å². The summed E-state index contributed by atoms with van der Waals surface area (Å²) in [5.41, 5.74) is 1.41. The number of furan rings is 1. The molecule has 1 N–H and O–H groups in total. The summed E-state index contributed by atoms with van der Waals surface area (Å²) in [5.74, 6) is 1.27. The smallest absolute Gasteiger partial charge is 0.291 e. The third kappa shape index (κ3) is 3.55. The van der Waals surface area contributed by atoms with E-state index in [1.165, 1.54) is 0 Å². The van der Waals surface area contributed by atoms with E-state index >= 15 is 0 Å². The van der Waals surface area contributed by atoms with E-state index in [1.807, 2.05) is 49.4 Å². The summed E-state index contributed by atoms with van der Waals surface area (Å²) in [5, 5.41) is 9.15. The second-order valence-electron chi connectivity index (χ2n) is 6.29. The number of nitrogens with one attached hydrogen (secondary N) is 1. The fraction of sp³-hybridized carbons (Fsp3) is 0.143. The van der Waals surface area contributed by atoms with Crippen molar-refractivity contribution in [1.29, 1.82) is 0 Å². The van der Waals surface area contributed by atoms with Gasteiger partial charge in [-0.25, -0.2) is 0 Å². The first-order valence-electron chi connectivity index (χ1n) is 8.61. The molecule has 0 unspecified atom stereocenters. The van der Waals surface area contributed by atoms with Gasteiger partial charge in [0.1, 0.15) is 18.1 Å². The molecule has 0 bridgehead atoms. The molecular weight excluding hydrogens is 342 g/mol. The molecule has 0 spiro atoms. The first kappa shape index (κ1) is 16.9. The van der Waals surface area contributed by atoms with Gasteiger partial charge in [0.05, 0.1) is 11.4 Å². The normalized spacial score (nSPS) is 10.9. The van der Waals surface area contributed by atoms with E-state index in [9.17, 15) is 4.79 Å². The molecule has 4 aromatic rings. The van der Waals surface area contributed by atoms with Crippen molar-refractivity contribution >= 4 is 22.4 Å². The van der Waals surface area contributed by atoms with Crippen LogP contribution in [0.1, 0.15) is 22.0 Å². The van der Waals surface area contributed by atoms with Crippen LogP contribution in [0.5, 0.6) is 5.75 Å². The molecule has 1 amide bonds. The Morgan fingerprint density at radius 3 is 2.78 bits per heavy atom. The lowest BCUT2D eigenvalue weighted by atomic mass is 10.1. The maximum Gasteiger partial charge on any atom is 0.291 e. The number of hydrogen-bond donors (Lipinski definition) is 1. The lowest BCUT2D eigenvalue weighted by Gasteiger charge is -2.08. The predicted molar refractivity (Wildman–Crippen MR) is 103 cm³/mol. The van der Waals surface area contributed by atoms with Gasteiger partial charge in [0.2, 0.25) is 0 Å². The molecule has 136 valence electrons. The van der Waals surface area contributed by atoms with Crippen LogP contribution in [0.15, 0.2) is 65.2 Å². The van der Waals surface area contributed by atoms with E-state index < -0.39 is 0 Å². The summed E-state index contributed by atoms with van der Waals surface area (Å²) < 4.78 is 13.2. The van der Waals surface area contributed by atoms with E-state index in [-0.39, 0.29) is 18.3 Å². The van der Waals surface area contributed by atoms with Crippen LogP contribution >= 0.6 is 0 Å². The highest BCUT2D eigenvalue weighted by Gasteiger charge is 2.14. The van der Waals surface area contributed by atoms with Gasteiger partial charge >= 0.3 is 0 Å². The van der Waals surface area contributed by atoms with Gasteiger partial charge in [0, 0.05) is 18.6 Å². The molecule has 0 radical (unpaired) electrons. The molecule has 0 fully saturated rings. The number of aromatic nitrogens is 2. The molecule has 0 saturated heterocycles. The molecule has 2 aromatic heterocycles. The number of carbonyl (C=O) groups excluding carboxylic acids is 1. The zero-order chi connectivity index (χ0) is 18.8. The van der Waals surface area contributed by atoms with Crippen LogP contribution < -0.4 is 10.1 Å². The maximum atomic E-state index is 12.4. The van der Waals surface area contributed by atoms with Gasteiger partial charge in [0.15, 0.2) is 5.76 Å². The van der Waals surface area contributed by atoms with Crippen molar-refractivity contribution in [2.45, 2.75) is 13.5 Å². The molecule has 27 heavy (non-hydrogen) atoms. The van der Waals surface area contributed by atoms with Crippen molar-refractivity contribution < 1.29 is 13.9 Å². The molecule has 6 heteroatoms. The summed E-state index contributed by atoms with van der Waals surface area (Å²) in [6, 6.07) is 17.3. The molecule has 2 heterocycles. The Hall–Kier alpha value is -3.54. The molecule has 0 aliphatic heterocycles. The van der Waals surface area contributed by atoms with Crippen LogP contribution in [-0.2, 0) is 13.7 Å². The fourth-order valence-electron chi connectivity index (χ4n) is 2.95. The van der Waals surface area contributed by atoms with E-state index in [4.69, 9.17) is 9.15 Å². The summed E-state index contributed by atoms with van der Waals surface area (Å²) in [4.78, 5) is 12.4. The first-order chi connectivity index (χ1) is 13.1. The molecule has 0 aliphatic carbocycles. The second kappa shape index (κ2) is 6.99. The van der Waals surface area contributed by atoms with Crippen LogP contribution in [0.4, 0.5) is 5.69 Å². The number of anilines is 1. The lowest BCUT2D eigenvalue weighted by molar-refractivity contribution is 0.0992. The van der Waals surface area contributed by atoms with Crippen LogP contribution in [0, 0.1) is 6.92 Å². The molecule has 6 nitrogen and oxygen atoms in total. The van der Waals surface area contributed by atoms with Gasteiger partial charge in [-0.1, -0.05) is 36.4 Å². The van der Waals surface area contributed by atoms with E-state index in [0.29, 0.717) is 11.4 Å². The van der Waals surface area contributed by atoms with E-state index in [0.717, 1.165) is 22.2 Å². The van der Waals surface area contributed by atoms with Crippen molar-refractivity contribution in [2.24, 2.45) is 7.05 Å². The number of carbonyl (C=O) groups is 1. The molecule has 0 saturated carbocycles. The Kier molecular flexibility index (Phi) is 4.38. The van der Waals surface area contributed by atoms with Crippen molar-refractivity contribution in [3.05, 3.63) is 78.0 Å². The average molecular weight is 361 g/mol. The Bertz CT molecular complexity index is 1110. The molecule has 0 aliphatic rings. The average Bonchev–Trinajstić information content (AvgIpc) is 3.26. The Labute approximate surface area is 156 Å².